The van der Waals surface area contributed by atoms with E-state index in [1.165, 1.54) is 6.21 Å². The molecule has 0 aliphatic carbocycles. The SMILES string of the molecule is COc1ccc(C(=O)Oc2ccc3ccccc3c2/C=N/NC(=O)CNC(=O)c2ccc(C)cc2)cc1. The van der Waals surface area contributed by atoms with Crippen LogP contribution in [0.2, 0.25) is 0 Å². The second-order valence-corrected chi connectivity index (χ2v) is 8.16. The third kappa shape index (κ3) is 6.37. The molecule has 0 spiro atoms. The van der Waals surface area contributed by atoms with Gasteiger partial charge in [-0.1, -0.05) is 48.0 Å². The van der Waals surface area contributed by atoms with E-state index in [1.807, 2.05) is 49.4 Å². The van der Waals surface area contributed by atoms with Crippen molar-refractivity contribution < 1.29 is 23.9 Å². The van der Waals surface area contributed by atoms with Crippen LogP contribution in [0.1, 0.15) is 31.8 Å². The molecule has 0 radical (unpaired) electrons. The normalized spacial score (nSPS) is 10.8. The highest BCUT2D eigenvalue weighted by molar-refractivity contribution is 6.04. The Morgan fingerprint density at radius 3 is 2.30 bits per heavy atom. The predicted octanol–water partition coefficient (Wildman–Crippen LogP) is 4.26. The minimum absolute atomic E-state index is 0.251. The Kier molecular flexibility index (Phi) is 7.90. The van der Waals surface area contributed by atoms with E-state index < -0.39 is 11.9 Å². The smallest absolute Gasteiger partial charge is 0.343 e. The lowest BCUT2D eigenvalue weighted by Crippen LogP contribution is -2.34. The molecule has 2 amide bonds. The van der Waals surface area contributed by atoms with Crippen molar-refractivity contribution in [2.24, 2.45) is 5.10 Å². The Morgan fingerprint density at radius 1 is 0.865 bits per heavy atom. The van der Waals surface area contributed by atoms with Crippen LogP contribution in [0.3, 0.4) is 0 Å². The number of nitrogens with zero attached hydrogens (tertiary/aromatic N) is 1. The number of carbonyl (C=O) groups excluding carboxylic acids is 3. The van der Waals surface area contributed by atoms with Crippen molar-refractivity contribution in [3.8, 4) is 11.5 Å². The van der Waals surface area contributed by atoms with Crippen LogP contribution in [-0.2, 0) is 4.79 Å². The number of amides is 2. The van der Waals surface area contributed by atoms with Gasteiger partial charge < -0.3 is 14.8 Å². The number of aryl methyl sites for hydroxylation is 1. The lowest BCUT2D eigenvalue weighted by Gasteiger charge is -2.11. The number of esters is 1. The van der Waals surface area contributed by atoms with Crippen molar-refractivity contribution in [1.29, 1.82) is 0 Å². The number of rotatable bonds is 8. The van der Waals surface area contributed by atoms with E-state index in [0.29, 0.717) is 22.4 Å². The van der Waals surface area contributed by atoms with Crippen LogP contribution in [0.5, 0.6) is 11.5 Å². The summed E-state index contributed by atoms with van der Waals surface area (Å²) in [5, 5.41) is 8.28. The average molecular weight is 496 g/mol. The number of benzene rings is 4. The zero-order chi connectivity index (χ0) is 26.2. The van der Waals surface area contributed by atoms with E-state index in [4.69, 9.17) is 9.47 Å². The summed E-state index contributed by atoms with van der Waals surface area (Å²) < 4.78 is 10.8. The highest BCUT2D eigenvalue weighted by Crippen LogP contribution is 2.27. The standard InChI is InChI=1S/C29H25N3O5/c1-19-7-9-21(10-8-19)28(34)30-18-27(33)32-31-17-25-24-6-4-3-5-20(24)13-16-26(25)37-29(35)22-11-14-23(36-2)15-12-22/h3-17H,18H2,1-2H3,(H,30,34)(H,32,33)/b31-17+. The fraction of sp³-hybridized carbons (Fsp3) is 0.103. The summed E-state index contributed by atoms with van der Waals surface area (Å²) in [4.78, 5) is 37.2. The topological polar surface area (TPSA) is 106 Å². The first-order valence-corrected chi connectivity index (χ1v) is 11.5. The Labute approximate surface area is 213 Å². The molecule has 0 saturated carbocycles. The van der Waals surface area contributed by atoms with Gasteiger partial charge in [-0.2, -0.15) is 5.10 Å². The van der Waals surface area contributed by atoms with Gasteiger partial charge in [-0.15, -0.1) is 0 Å². The molecule has 4 rings (SSSR count). The highest BCUT2D eigenvalue weighted by Gasteiger charge is 2.14. The summed E-state index contributed by atoms with van der Waals surface area (Å²) >= 11 is 0. The monoisotopic (exact) mass is 495 g/mol. The maximum Gasteiger partial charge on any atom is 0.343 e. The molecule has 0 saturated heterocycles. The Balaban J connectivity index is 1.46. The van der Waals surface area contributed by atoms with Gasteiger partial charge in [0.25, 0.3) is 11.8 Å². The highest BCUT2D eigenvalue weighted by atomic mass is 16.5. The molecule has 0 fully saturated rings. The summed E-state index contributed by atoms with van der Waals surface area (Å²) in [6.07, 6.45) is 1.42. The molecule has 2 N–H and O–H groups in total. The van der Waals surface area contributed by atoms with Gasteiger partial charge in [0.1, 0.15) is 11.5 Å². The van der Waals surface area contributed by atoms with E-state index in [2.05, 4.69) is 15.8 Å². The molecule has 0 bridgehead atoms. The summed E-state index contributed by atoms with van der Waals surface area (Å²) in [5.41, 5.74) is 4.76. The van der Waals surface area contributed by atoms with Crippen molar-refractivity contribution in [1.82, 2.24) is 10.7 Å². The molecule has 186 valence electrons. The average Bonchev–Trinajstić information content (AvgIpc) is 2.93. The number of hydrogen-bond acceptors (Lipinski definition) is 6. The molecule has 4 aromatic rings. The minimum atomic E-state index is -0.546. The number of hydrazone groups is 1. The zero-order valence-electron chi connectivity index (χ0n) is 20.4. The first-order valence-electron chi connectivity index (χ1n) is 11.5. The van der Waals surface area contributed by atoms with Crippen molar-refractivity contribution in [3.05, 3.63) is 107 Å². The van der Waals surface area contributed by atoms with Crippen molar-refractivity contribution >= 4 is 34.8 Å². The van der Waals surface area contributed by atoms with E-state index in [1.54, 1.807) is 49.6 Å². The number of carbonyl (C=O) groups is 3. The Hall–Kier alpha value is -4.98. The van der Waals surface area contributed by atoms with Crippen LogP contribution < -0.4 is 20.2 Å². The molecule has 4 aromatic carbocycles. The van der Waals surface area contributed by atoms with Gasteiger partial charge in [0.15, 0.2) is 0 Å². The maximum absolute atomic E-state index is 12.8. The first kappa shape index (κ1) is 25.1. The second kappa shape index (κ2) is 11.6. The van der Waals surface area contributed by atoms with Crippen LogP contribution in [-0.4, -0.2) is 37.7 Å². The Morgan fingerprint density at radius 2 is 1.57 bits per heavy atom. The molecule has 37 heavy (non-hydrogen) atoms. The number of fused-ring (bicyclic) bond motifs is 1. The lowest BCUT2D eigenvalue weighted by atomic mass is 10.0. The minimum Gasteiger partial charge on any atom is -0.497 e. The molecular formula is C29H25N3O5. The summed E-state index contributed by atoms with van der Waals surface area (Å²) in [6.45, 7) is 1.67. The molecule has 0 heterocycles. The van der Waals surface area contributed by atoms with E-state index >= 15 is 0 Å². The molecule has 0 aromatic heterocycles. The third-order valence-corrected chi connectivity index (χ3v) is 5.57. The molecular weight excluding hydrogens is 470 g/mol. The van der Waals surface area contributed by atoms with Crippen molar-refractivity contribution in [2.45, 2.75) is 6.92 Å². The van der Waals surface area contributed by atoms with Gasteiger partial charge in [-0.05, 0) is 60.2 Å². The fourth-order valence-electron chi connectivity index (χ4n) is 3.56. The summed E-state index contributed by atoms with van der Waals surface area (Å²) in [5.74, 6) is -0.504. The first-order chi connectivity index (χ1) is 17.9. The maximum atomic E-state index is 12.8. The van der Waals surface area contributed by atoms with Gasteiger partial charge >= 0.3 is 5.97 Å². The predicted molar refractivity (Wildman–Crippen MR) is 141 cm³/mol. The number of ether oxygens (including phenoxy) is 2. The van der Waals surface area contributed by atoms with Crippen LogP contribution >= 0.6 is 0 Å². The van der Waals surface area contributed by atoms with E-state index in [9.17, 15) is 14.4 Å². The van der Waals surface area contributed by atoms with Crippen molar-refractivity contribution in [3.63, 3.8) is 0 Å². The van der Waals surface area contributed by atoms with Crippen LogP contribution in [0.15, 0.2) is 90.0 Å². The molecule has 0 aliphatic heterocycles. The molecule has 8 heteroatoms. The third-order valence-electron chi connectivity index (χ3n) is 5.57. The van der Waals surface area contributed by atoms with E-state index in [-0.39, 0.29) is 18.2 Å². The quantitative estimate of drug-likeness (QED) is 0.164. The number of nitrogens with one attached hydrogen (secondary N) is 2. The zero-order valence-corrected chi connectivity index (χ0v) is 20.4. The van der Waals surface area contributed by atoms with Gasteiger partial charge in [-0.3, -0.25) is 9.59 Å². The largest absolute Gasteiger partial charge is 0.497 e. The molecule has 0 aliphatic rings. The van der Waals surface area contributed by atoms with Crippen LogP contribution in [0, 0.1) is 6.92 Å². The second-order valence-electron chi connectivity index (χ2n) is 8.16. The van der Waals surface area contributed by atoms with E-state index in [0.717, 1.165) is 16.3 Å². The van der Waals surface area contributed by atoms with Gasteiger partial charge in [0.2, 0.25) is 0 Å². The lowest BCUT2D eigenvalue weighted by molar-refractivity contribution is -0.120. The molecule has 0 unspecified atom stereocenters. The van der Waals surface area contributed by atoms with Crippen LogP contribution in [0.4, 0.5) is 0 Å². The Bertz CT molecular complexity index is 1460. The van der Waals surface area contributed by atoms with Crippen molar-refractivity contribution in [2.75, 3.05) is 13.7 Å². The van der Waals surface area contributed by atoms with Crippen LogP contribution in [0.25, 0.3) is 10.8 Å². The van der Waals surface area contributed by atoms with Gasteiger partial charge in [0.05, 0.1) is 25.4 Å². The fourth-order valence-corrected chi connectivity index (χ4v) is 3.56. The summed E-state index contributed by atoms with van der Waals surface area (Å²) in [7, 11) is 1.55. The molecule has 8 nitrogen and oxygen atoms in total. The van der Waals surface area contributed by atoms with Gasteiger partial charge in [-0.25, -0.2) is 10.2 Å². The summed E-state index contributed by atoms with van der Waals surface area (Å²) in [6, 6.07) is 24.6. The number of hydrogen-bond donors (Lipinski definition) is 2. The molecule has 0 atom stereocenters. The number of methoxy groups -OCH3 is 1. The van der Waals surface area contributed by atoms with Gasteiger partial charge in [0, 0.05) is 11.1 Å².